The van der Waals surface area contributed by atoms with Crippen LogP contribution in [0.2, 0.25) is 0 Å². The highest BCUT2D eigenvalue weighted by Gasteiger charge is 2.41. The van der Waals surface area contributed by atoms with Crippen LogP contribution in [0.1, 0.15) is 18.1 Å². The molecule has 1 aliphatic rings. The maximum absolute atomic E-state index is 12.9. The van der Waals surface area contributed by atoms with Crippen molar-refractivity contribution in [2.45, 2.75) is 18.1 Å². The van der Waals surface area contributed by atoms with Crippen molar-refractivity contribution < 1.29 is 23.0 Å². The highest BCUT2D eigenvalue weighted by atomic mass is 19.1. The zero-order chi connectivity index (χ0) is 11.8. The van der Waals surface area contributed by atoms with Gasteiger partial charge in [0.25, 0.3) is 0 Å². The van der Waals surface area contributed by atoms with Crippen LogP contribution in [-0.4, -0.2) is 24.1 Å². The summed E-state index contributed by atoms with van der Waals surface area (Å²) in [5.41, 5.74) is -1.40. The van der Waals surface area contributed by atoms with Gasteiger partial charge < -0.3 is 9.84 Å². The second-order valence-corrected chi connectivity index (χ2v) is 3.95. The molecule has 1 heterocycles. The molecule has 0 amide bonds. The van der Waals surface area contributed by atoms with E-state index in [2.05, 4.69) is 0 Å². The Kier molecular flexibility index (Phi) is 2.80. The molecule has 1 N–H and O–H groups in total. The number of aliphatic hydroxyl groups excluding tert-OH is 1. The zero-order valence-electron chi connectivity index (χ0n) is 8.42. The van der Waals surface area contributed by atoms with Gasteiger partial charge in [-0.15, -0.1) is 0 Å². The topological polar surface area (TPSA) is 29.5 Å². The van der Waals surface area contributed by atoms with Crippen LogP contribution in [0.25, 0.3) is 0 Å². The third-order valence-corrected chi connectivity index (χ3v) is 2.71. The number of rotatable bonds is 2. The van der Waals surface area contributed by atoms with Crippen molar-refractivity contribution in [2.75, 3.05) is 13.3 Å². The van der Waals surface area contributed by atoms with Crippen LogP contribution in [0, 0.1) is 5.82 Å². The van der Waals surface area contributed by atoms with E-state index in [1.54, 1.807) is 0 Å². The molecule has 1 unspecified atom stereocenters. The molecule has 1 aromatic rings. The van der Waals surface area contributed by atoms with Gasteiger partial charge >= 0.3 is 0 Å². The Bertz CT molecular complexity index is 391. The van der Waals surface area contributed by atoms with Gasteiger partial charge in [-0.1, -0.05) is 0 Å². The Morgan fingerprint density at radius 3 is 2.69 bits per heavy atom. The Morgan fingerprint density at radius 1 is 1.38 bits per heavy atom. The van der Waals surface area contributed by atoms with E-state index in [1.165, 1.54) is 6.07 Å². The van der Waals surface area contributed by atoms with E-state index in [9.17, 15) is 18.3 Å². The average molecular weight is 232 g/mol. The van der Waals surface area contributed by atoms with Crippen LogP contribution in [0.5, 0.6) is 5.75 Å². The molecule has 0 fully saturated rings. The molecule has 0 saturated heterocycles. The third kappa shape index (κ3) is 1.75. The van der Waals surface area contributed by atoms with Gasteiger partial charge in [-0.25, -0.2) is 13.2 Å². The molecule has 16 heavy (non-hydrogen) atoms. The number of ether oxygens (including phenoxy) is 1. The minimum Gasteiger partial charge on any atom is -0.481 e. The van der Waals surface area contributed by atoms with E-state index in [4.69, 9.17) is 4.74 Å². The first-order valence-corrected chi connectivity index (χ1v) is 4.89. The summed E-state index contributed by atoms with van der Waals surface area (Å²) in [4.78, 5) is 0. The summed E-state index contributed by atoms with van der Waals surface area (Å²) in [6, 6.07) is 3.51. The SMILES string of the molecule is OC1CC(CF)(CF)Oc2ccc(F)cc21. The van der Waals surface area contributed by atoms with Gasteiger partial charge in [0.1, 0.15) is 24.9 Å². The Labute approximate surface area is 90.7 Å². The van der Waals surface area contributed by atoms with Crippen molar-refractivity contribution >= 4 is 0 Å². The predicted molar refractivity (Wildman–Crippen MR) is 51.3 cm³/mol. The lowest BCUT2D eigenvalue weighted by molar-refractivity contribution is -0.0444. The van der Waals surface area contributed by atoms with Gasteiger partial charge in [-0.3, -0.25) is 0 Å². The van der Waals surface area contributed by atoms with Crippen LogP contribution in [-0.2, 0) is 0 Å². The molecule has 0 aliphatic carbocycles. The quantitative estimate of drug-likeness (QED) is 0.847. The number of hydrogen-bond acceptors (Lipinski definition) is 2. The standard InChI is InChI=1S/C11H11F3O2/c12-5-11(6-13)4-9(15)8-3-7(14)1-2-10(8)16-11/h1-3,9,15H,4-6H2. The lowest BCUT2D eigenvalue weighted by Gasteiger charge is -2.36. The molecule has 0 bridgehead atoms. The van der Waals surface area contributed by atoms with Gasteiger partial charge in [0.15, 0.2) is 5.60 Å². The molecule has 0 spiro atoms. The van der Waals surface area contributed by atoms with Crippen molar-refractivity contribution in [3.05, 3.63) is 29.6 Å². The van der Waals surface area contributed by atoms with Gasteiger partial charge in [-0.05, 0) is 18.2 Å². The number of alkyl halides is 2. The van der Waals surface area contributed by atoms with E-state index in [1.807, 2.05) is 0 Å². The van der Waals surface area contributed by atoms with Crippen LogP contribution in [0.15, 0.2) is 18.2 Å². The van der Waals surface area contributed by atoms with Crippen LogP contribution in [0.4, 0.5) is 13.2 Å². The minimum absolute atomic E-state index is 0.135. The van der Waals surface area contributed by atoms with Crippen molar-refractivity contribution in [2.24, 2.45) is 0 Å². The molecular weight excluding hydrogens is 221 g/mol. The predicted octanol–water partition coefficient (Wildman–Crippen LogP) is 2.32. The second kappa shape index (κ2) is 3.97. The molecule has 2 rings (SSSR count). The van der Waals surface area contributed by atoms with Crippen LogP contribution >= 0.6 is 0 Å². The zero-order valence-corrected chi connectivity index (χ0v) is 8.42. The average Bonchev–Trinajstić information content (AvgIpc) is 2.30. The fourth-order valence-corrected chi connectivity index (χ4v) is 1.81. The van der Waals surface area contributed by atoms with Gasteiger partial charge in [0.05, 0.1) is 6.10 Å². The van der Waals surface area contributed by atoms with E-state index in [0.29, 0.717) is 0 Å². The smallest absolute Gasteiger partial charge is 0.168 e. The Hall–Kier alpha value is -1.23. The molecule has 0 aromatic heterocycles. The summed E-state index contributed by atoms with van der Waals surface area (Å²) in [5, 5.41) is 9.70. The van der Waals surface area contributed by atoms with Crippen molar-refractivity contribution in [1.82, 2.24) is 0 Å². The van der Waals surface area contributed by atoms with E-state index in [0.717, 1.165) is 12.1 Å². The van der Waals surface area contributed by atoms with Crippen LogP contribution in [0.3, 0.4) is 0 Å². The molecule has 0 radical (unpaired) electrons. The van der Waals surface area contributed by atoms with Gasteiger partial charge in [0, 0.05) is 12.0 Å². The monoisotopic (exact) mass is 232 g/mol. The first-order chi connectivity index (χ1) is 7.60. The second-order valence-electron chi connectivity index (χ2n) is 3.95. The molecule has 5 heteroatoms. The highest BCUT2D eigenvalue weighted by Crippen LogP contribution is 2.40. The lowest BCUT2D eigenvalue weighted by atomic mass is 9.90. The fourth-order valence-electron chi connectivity index (χ4n) is 1.81. The molecule has 88 valence electrons. The molecule has 2 nitrogen and oxygen atoms in total. The summed E-state index contributed by atoms with van der Waals surface area (Å²) >= 11 is 0. The van der Waals surface area contributed by atoms with E-state index in [-0.39, 0.29) is 17.7 Å². The van der Waals surface area contributed by atoms with Gasteiger partial charge in [0.2, 0.25) is 0 Å². The number of halogens is 3. The van der Waals surface area contributed by atoms with E-state index >= 15 is 0 Å². The normalized spacial score (nSPS) is 22.4. The number of fused-ring (bicyclic) bond motifs is 1. The number of benzene rings is 1. The number of aliphatic hydroxyl groups is 1. The summed E-state index contributed by atoms with van der Waals surface area (Å²) < 4.78 is 43.5. The minimum atomic E-state index is -1.63. The summed E-state index contributed by atoms with van der Waals surface area (Å²) in [5.74, 6) is -0.384. The van der Waals surface area contributed by atoms with Crippen LogP contribution < -0.4 is 4.74 Å². The first kappa shape index (κ1) is 11.3. The highest BCUT2D eigenvalue weighted by molar-refractivity contribution is 5.38. The summed E-state index contributed by atoms with van der Waals surface area (Å²) in [6.07, 6.45) is -1.32. The van der Waals surface area contributed by atoms with Crippen molar-refractivity contribution in [3.8, 4) is 5.75 Å². The molecule has 1 atom stereocenters. The maximum atomic E-state index is 12.9. The third-order valence-electron chi connectivity index (χ3n) is 2.71. The van der Waals surface area contributed by atoms with Crippen molar-refractivity contribution in [1.29, 1.82) is 0 Å². The van der Waals surface area contributed by atoms with E-state index < -0.39 is 30.9 Å². The summed E-state index contributed by atoms with van der Waals surface area (Å²) in [6.45, 7) is -2.06. The van der Waals surface area contributed by atoms with Gasteiger partial charge in [-0.2, -0.15) is 0 Å². The first-order valence-electron chi connectivity index (χ1n) is 4.89. The Balaban J connectivity index is 2.40. The largest absolute Gasteiger partial charge is 0.481 e. The molecule has 1 aliphatic heterocycles. The van der Waals surface area contributed by atoms with Crippen molar-refractivity contribution in [3.63, 3.8) is 0 Å². The molecule has 1 aromatic carbocycles. The number of hydrogen-bond donors (Lipinski definition) is 1. The molecular formula is C11H11F3O2. The Morgan fingerprint density at radius 2 is 2.06 bits per heavy atom. The summed E-state index contributed by atoms with van der Waals surface area (Å²) in [7, 11) is 0. The lowest BCUT2D eigenvalue weighted by Crippen LogP contribution is -2.45. The fraction of sp³-hybridized carbons (Fsp3) is 0.455. The maximum Gasteiger partial charge on any atom is 0.168 e. The molecule has 0 saturated carbocycles.